The van der Waals surface area contributed by atoms with Crippen LogP contribution in [0.25, 0.3) is 5.57 Å². The molecule has 0 heterocycles. The third-order valence-corrected chi connectivity index (χ3v) is 5.79. The zero-order valence-electron chi connectivity index (χ0n) is 18.2. The van der Waals surface area contributed by atoms with Crippen molar-refractivity contribution in [2.45, 2.75) is 60.3 Å². The van der Waals surface area contributed by atoms with Gasteiger partial charge >= 0.3 is 0 Å². The van der Waals surface area contributed by atoms with Gasteiger partial charge in [0, 0.05) is 12.3 Å². The van der Waals surface area contributed by atoms with Crippen molar-refractivity contribution in [3.63, 3.8) is 0 Å². The largest absolute Gasteiger partial charge is 0.501 e. The van der Waals surface area contributed by atoms with Crippen LogP contribution in [0.4, 0.5) is 0 Å². The summed E-state index contributed by atoms with van der Waals surface area (Å²) in [6, 6.07) is 4.30. The molecule has 0 spiro atoms. The molecule has 0 bridgehead atoms. The van der Waals surface area contributed by atoms with Gasteiger partial charge in [0.15, 0.2) is 0 Å². The molecule has 0 aliphatic heterocycles. The van der Waals surface area contributed by atoms with Crippen LogP contribution in [-0.2, 0) is 14.3 Å². The minimum absolute atomic E-state index is 0.0613. The molecule has 3 heteroatoms. The molecule has 2 rings (SSSR count). The van der Waals surface area contributed by atoms with Crippen molar-refractivity contribution in [2.24, 2.45) is 5.92 Å². The lowest BCUT2D eigenvalue weighted by molar-refractivity contribution is -0.126. The minimum Gasteiger partial charge on any atom is -0.501 e. The van der Waals surface area contributed by atoms with E-state index in [4.69, 9.17) is 4.74 Å². The lowest BCUT2D eigenvalue weighted by Gasteiger charge is -2.19. The summed E-state index contributed by atoms with van der Waals surface area (Å²) < 4.78 is 5.26. The van der Waals surface area contributed by atoms with Gasteiger partial charge in [-0.25, -0.2) is 0 Å². The number of benzene rings is 1. The molecule has 1 aliphatic rings. The van der Waals surface area contributed by atoms with E-state index in [9.17, 15) is 9.59 Å². The van der Waals surface area contributed by atoms with Gasteiger partial charge in [0.05, 0.1) is 18.8 Å². The van der Waals surface area contributed by atoms with Gasteiger partial charge in [-0.2, -0.15) is 0 Å². The Morgan fingerprint density at radius 3 is 2.25 bits per heavy atom. The minimum atomic E-state index is -0.292. The standard InChI is InChI=1S/C25H32O3/c1-14(9-19(6)28-8)20(7)21-10-15(2)23(16(3)11-21)24-17(4)12-22(25(24)27)13-18(5)26/h9-11,22,24H,4,12-13H2,1-3,5-8H3/b19-9+,20-14+. The fourth-order valence-corrected chi connectivity index (χ4v) is 4.18. The Morgan fingerprint density at radius 2 is 1.75 bits per heavy atom. The lowest BCUT2D eigenvalue weighted by Crippen LogP contribution is -2.17. The molecule has 1 aromatic rings. The van der Waals surface area contributed by atoms with Crippen molar-refractivity contribution in [2.75, 3.05) is 7.11 Å². The van der Waals surface area contributed by atoms with Crippen LogP contribution in [0, 0.1) is 19.8 Å². The number of hydrogen-bond donors (Lipinski definition) is 0. The highest BCUT2D eigenvalue weighted by Gasteiger charge is 2.39. The molecule has 2 unspecified atom stereocenters. The summed E-state index contributed by atoms with van der Waals surface area (Å²) in [6.45, 7) is 15.9. The number of hydrogen-bond acceptors (Lipinski definition) is 3. The molecule has 28 heavy (non-hydrogen) atoms. The van der Waals surface area contributed by atoms with Crippen molar-refractivity contribution in [1.29, 1.82) is 0 Å². The molecule has 150 valence electrons. The molecule has 0 amide bonds. The summed E-state index contributed by atoms with van der Waals surface area (Å²) in [5.74, 6) is 0.553. The number of aryl methyl sites for hydroxylation is 2. The number of allylic oxidation sites excluding steroid dienone is 5. The zero-order chi connectivity index (χ0) is 21.2. The molecular weight excluding hydrogens is 348 g/mol. The summed E-state index contributed by atoms with van der Waals surface area (Å²) in [6.07, 6.45) is 2.96. The molecule has 0 saturated heterocycles. The van der Waals surface area contributed by atoms with Crippen LogP contribution in [0.5, 0.6) is 0 Å². The molecule has 1 aliphatic carbocycles. The van der Waals surface area contributed by atoms with Gasteiger partial charge in [-0.05, 0) is 87.4 Å². The van der Waals surface area contributed by atoms with E-state index >= 15 is 0 Å². The number of carbonyl (C=O) groups is 2. The first-order valence-corrected chi connectivity index (χ1v) is 9.78. The van der Waals surface area contributed by atoms with Gasteiger partial charge in [-0.1, -0.05) is 24.3 Å². The lowest BCUT2D eigenvalue weighted by atomic mass is 9.84. The molecule has 0 N–H and O–H groups in total. The van der Waals surface area contributed by atoms with Gasteiger partial charge in [0.2, 0.25) is 0 Å². The van der Waals surface area contributed by atoms with E-state index < -0.39 is 0 Å². The number of ketones is 2. The molecular formula is C25H32O3. The third kappa shape index (κ3) is 4.52. The Hall–Kier alpha value is -2.42. The Bertz CT molecular complexity index is 860. The van der Waals surface area contributed by atoms with Crippen molar-refractivity contribution >= 4 is 17.1 Å². The second-order valence-electron chi connectivity index (χ2n) is 8.09. The highest BCUT2D eigenvalue weighted by Crippen LogP contribution is 2.43. The first-order chi connectivity index (χ1) is 13.1. The molecule has 1 fully saturated rings. The first kappa shape index (κ1) is 21.9. The molecule has 0 aromatic heterocycles. The number of carbonyl (C=O) groups excluding carboxylic acids is 2. The Balaban J connectivity index is 2.45. The maximum Gasteiger partial charge on any atom is 0.148 e. The summed E-state index contributed by atoms with van der Waals surface area (Å²) in [5.41, 5.74) is 7.65. The highest BCUT2D eigenvalue weighted by molar-refractivity contribution is 5.97. The molecule has 1 aromatic carbocycles. The van der Waals surface area contributed by atoms with Crippen molar-refractivity contribution in [1.82, 2.24) is 0 Å². The maximum atomic E-state index is 13.0. The average molecular weight is 381 g/mol. The summed E-state index contributed by atoms with van der Waals surface area (Å²) in [5, 5.41) is 0. The smallest absolute Gasteiger partial charge is 0.148 e. The second-order valence-corrected chi connectivity index (χ2v) is 8.09. The van der Waals surface area contributed by atoms with Gasteiger partial charge in [0.1, 0.15) is 11.6 Å². The quantitative estimate of drug-likeness (QED) is 0.353. The maximum absolute atomic E-state index is 13.0. The molecule has 0 radical (unpaired) electrons. The van der Waals surface area contributed by atoms with Crippen LogP contribution in [0.2, 0.25) is 0 Å². The Morgan fingerprint density at radius 1 is 1.18 bits per heavy atom. The predicted molar refractivity (Wildman–Crippen MR) is 115 cm³/mol. The highest BCUT2D eigenvalue weighted by atomic mass is 16.5. The second kappa shape index (κ2) is 8.72. The summed E-state index contributed by atoms with van der Waals surface area (Å²) in [7, 11) is 1.67. The normalized spacial score (nSPS) is 21.0. The van der Waals surface area contributed by atoms with E-state index in [-0.39, 0.29) is 23.4 Å². The average Bonchev–Trinajstić information content (AvgIpc) is 2.87. The van der Waals surface area contributed by atoms with Crippen LogP contribution in [-0.4, -0.2) is 18.7 Å². The van der Waals surface area contributed by atoms with Crippen LogP contribution in [0.3, 0.4) is 0 Å². The molecule has 1 saturated carbocycles. The van der Waals surface area contributed by atoms with Gasteiger partial charge in [0.25, 0.3) is 0 Å². The number of ether oxygens (including phenoxy) is 1. The van der Waals surface area contributed by atoms with Crippen LogP contribution < -0.4 is 0 Å². The van der Waals surface area contributed by atoms with Gasteiger partial charge in [-0.15, -0.1) is 0 Å². The van der Waals surface area contributed by atoms with E-state index in [1.165, 1.54) is 5.57 Å². The third-order valence-electron chi connectivity index (χ3n) is 5.79. The fraction of sp³-hybridized carbons (Fsp3) is 0.440. The molecule has 2 atom stereocenters. The van der Waals surface area contributed by atoms with E-state index in [0.717, 1.165) is 39.2 Å². The fourth-order valence-electron chi connectivity index (χ4n) is 4.18. The summed E-state index contributed by atoms with van der Waals surface area (Å²) >= 11 is 0. The van der Waals surface area contributed by atoms with Crippen LogP contribution in [0.1, 0.15) is 68.7 Å². The first-order valence-electron chi connectivity index (χ1n) is 9.78. The number of Topliss-reactive ketones (excluding diaryl/α,β-unsaturated/α-hetero) is 2. The monoisotopic (exact) mass is 380 g/mol. The topological polar surface area (TPSA) is 43.4 Å². The van der Waals surface area contributed by atoms with Gasteiger partial charge < -0.3 is 9.53 Å². The van der Waals surface area contributed by atoms with Crippen LogP contribution >= 0.6 is 0 Å². The van der Waals surface area contributed by atoms with Crippen LogP contribution in [0.15, 0.2) is 41.7 Å². The Labute approximate surface area is 169 Å². The van der Waals surface area contributed by atoms with Crippen molar-refractivity contribution < 1.29 is 14.3 Å². The zero-order valence-corrected chi connectivity index (χ0v) is 18.2. The molecule has 3 nitrogen and oxygen atoms in total. The SMILES string of the molecule is C=C1CC(CC(C)=O)C(=O)C1c1c(C)cc(/C(C)=C(C)/C=C(\C)OC)cc1C. The summed E-state index contributed by atoms with van der Waals surface area (Å²) in [4.78, 5) is 24.5. The van der Waals surface area contributed by atoms with E-state index in [2.05, 4.69) is 46.4 Å². The predicted octanol–water partition coefficient (Wildman–Crippen LogP) is 5.85. The number of rotatable bonds is 6. The van der Waals surface area contributed by atoms with E-state index in [0.29, 0.717) is 12.8 Å². The van der Waals surface area contributed by atoms with Crippen molar-refractivity contribution in [3.05, 3.63) is 63.9 Å². The van der Waals surface area contributed by atoms with Gasteiger partial charge in [-0.3, -0.25) is 4.79 Å². The van der Waals surface area contributed by atoms with E-state index in [1.54, 1.807) is 14.0 Å². The van der Waals surface area contributed by atoms with Crippen molar-refractivity contribution in [3.8, 4) is 0 Å². The number of methoxy groups -OCH3 is 1. The Kier molecular flexibility index (Phi) is 6.82. The van der Waals surface area contributed by atoms with E-state index in [1.807, 2.05) is 13.0 Å².